The van der Waals surface area contributed by atoms with Gasteiger partial charge in [-0.05, 0) is 51.7 Å². The van der Waals surface area contributed by atoms with Crippen LogP contribution in [0.2, 0.25) is 0 Å². The lowest BCUT2D eigenvalue weighted by atomic mass is 9.98. The summed E-state index contributed by atoms with van der Waals surface area (Å²) in [6.07, 6.45) is 1.24. The summed E-state index contributed by atoms with van der Waals surface area (Å²) < 4.78 is 24.8. The summed E-state index contributed by atoms with van der Waals surface area (Å²) in [4.78, 5) is 21.5. The number of ether oxygens (including phenoxy) is 2. The van der Waals surface area contributed by atoms with E-state index in [0.717, 1.165) is 12.8 Å². The van der Waals surface area contributed by atoms with E-state index in [9.17, 15) is 9.18 Å². The third-order valence-corrected chi connectivity index (χ3v) is 4.14. The molecule has 6 N–H and O–H groups in total. The topological polar surface area (TPSA) is 142 Å². The van der Waals surface area contributed by atoms with Crippen LogP contribution in [0.15, 0.2) is 28.2 Å². The summed E-state index contributed by atoms with van der Waals surface area (Å²) in [6, 6.07) is 3.94. The van der Waals surface area contributed by atoms with Crippen LogP contribution < -0.4 is 21.9 Å². The molecule has 9 nitrogen and oxygen atoms in total. The maximum atomic E-state index is 13.6. The number of aliphatic imine (C=N–C) groups is 2. The van der Waals surface area contributed by atoms with Crippen molar-refractivity contribution in [3.63, 3.8) is 0 Å². The lowest BCUT2D eigenvalue weighted by molar-refractivity contribution is 0.0165. The summed E-state index contributed by atoms with van der Waals surface area (Å²) >= 11 is 0. The zero-order chi connectivity index (χ0) is 21.6. The Balaban J connectivity index is 1.94. The number of rotatable bonds is 4. The molecule has 0 aliphatic carbocycles. The average molecular weight is 408 g/mol. The van der Waals surface area contributed by atoms with Gasteiger partial charge in [-0.1, -0.05) is 0 Å². The number of carbonyl (C=O) groups excluding carboxylic acids is 1. The van der Waals surface area contributed by atoms with Crippen molar-refractivity contribution in [3.05, 3.63) is 24.0 Å². The van der Waals surface area contributed by atoms with Crippen LogP contribution in [0.25, 0.3) is 0 Å². The van der Waals surface area contributed by atoms with E-state index in [1.165, 1.54) is 18.2 Å². The molecule has 1 aliphatic heterocycles. The van der Waals surface area contributed by atoms with Gasteiger partial charge in [0, 0.05) is 19.2 Å². The second-order valence-electron chi connectivity index (χ2n) is 7.84. The highest BCUT2D eigenvalue weighted by atomic mass is 19.1. The molecule has 10 heteroatoms. The standard InChI is InChI=1S/C19H29FN6O3/c1-19(2,3)29-18(27)26-8-6-12(7-9-26)11-28-15-5-4-13(20)10-14(15)24-17(23)25-16(21)22/h4-5,10,12H,6-9,11H2,1-3H3,(H6,21,22,23,24,25). The summed E-state index contributed by atoms with van der Waals surface area (Å²) in [5.41, 5.74) is 15.8. The smallest absolute Gasteiger partial charge is 0.410 e. The van der Waals surface area contributed by atoms with E-state index in [1.54, 1.807) is 4.90 Å². The van der Waals surface area contributed by atoms with Crippen molar-refractivity contribution < 1.29 is 18.7 Å². The molecule has 0 bridgehead atoms. The highest BCUT2D eigenvalue weighted by Crippen LogP contribution is 2.30. The minimum atomic E-state index is -0.517. The molecule has 0 aromatic heterocycles. The summed E-state index contributed by atoms with van der Waals surface area (Å²) in [5.74, 6) is -0.326. The number of nitrogens with two attached hydrogens (primary N) is 3. The van der Waals surface area contributed by atoms with Crippen LogP contribution in [-0.4, -0.2) is 48.2 Å². The number of piperidine rings is 1. The molecule has 1 saturated heterocycles. The third kappa shape index (κ3) is 7.47. The SMILES string of the molecule is CC(C)(C)OC(=O)N1CCC(COc2ccc(F)cc2N=C(N)N=C(N)N)CC1. The third-order valence-electron chi connectivity index (χ3n) is 4.14. The Morgan fingerprint density at radius 2 is 1.90 bits per heavy atom. The Bertz CT molecular complexity index is 779. The number of amides is 1. The molecule has 0 atom stereocenters. The average Bonchev–Trinajstić information content (AvgIpc) is 2.59. The molecule has 0 saturated carbocycles. The van der Waals surface area contributed by atoms with Crippen LogP contribution >= 0.6 is 0 Å². The fourth-order valence-corrected chi connectivity index (χ4v) is 2.80. The number of halogens is 1. The Kier molecular flexibility index (Phi) is 7.24. The molecule has 1 heterocycles. The molecule has 0 radical (unpaired) electrons. The molecule has 1 fully saturated rings. The highest BCUT2D eigenvalue weighted by Gasteiger charge is 2.27. The molecule has 1 aliphatic rings. The van der Waals surface area contributed by atoms with Crippen molar-refractivity contribution in [2.45, 2.75) is 39.2 Å². The highest BCUT2D eigenvalue weighted by molar-refractivity contribution is 5.93. The summed E-state index contributed by atoms with van der Waals surface area (Å²) in [5, 5.41) is 0. The van der Waals surface area contributed by atoms with E-state index < -0.39 is 11.4 Å². The number of hydrogen-bond donors (Lipinski definition) is 3. The zero-order valence-corrected chi connectivity index (χ0v) is 17.0. The van der Waals surface area contributed by atoms with Gasteiger partial charge in [0.25, 0.3) is 0 Å². The van der Waals surface area contributed by atoms with E-state index in [4.69, 9.17) is 26.7 Å². The van der Waals surface area contributed by atoms with Crippen molar-refractivity contribution >= 4 is 23.7 Å². The first-order valence-electron chi connectivity index (χ1n) is 9.37. The Hall–Kier alpha value is -3.04. The molecule has 0 unspecified atom stereocenters. The van der Waals surface area contributed by atoms with Crippen molar-refractivity contribution in [2.75, 3.05) is 19.7 Å². The van der Waals surface area contributed by atoms with Crippen LogP contribution in [-0.2, 0) is 4.74 Å². The number of carbonyl (C=O) groups is 1. The molecular weight excluding hydrogens is 379 g/mol. The number of hydrogen-bond acceptors (Lipinski definition) is 4. The second-order valence-corrected chi connectivity index (χ2v) is 7.84. The largest absolute Gasteiger partial charge is 0.491 e. The molecule has 0 spiro atoms. The van der Waals surface area contributed by atoms with Gasteiger partial charge in [0.2, 0.25) is 5.96 Å². The van der Waals surface area contributed by atoms with Crippen molar-refractivity contribution in [1.82, 2.24) is 4.90 Å². The Morgan fingerprint density at radius 3 is 2.48 bits per heavy atom. The number of nitrogens with zero attached hydrogens (tertiary/aromatic N) is 3. The van der Waals surface area contributed by atoms with Gasteiger partial charge in [-0.25, -0.2) is 14.2 Å². The van der Waals surface area contributed by atoms with Crippen molar-refractivity contribution in [3.8, 4) is 5.75 Å². The number of benzene rings is 1. The van der Waals surface area contributed by atoms with Crippen LogP contribution in [0.5, 0.6) is 5.75 Å². The van der Waals surface area contributed by atoms with Gasteiger partial charge in [0.1, 0.15) is 22.9 Å². The fraction of sp³-hybridized carbons (Fsp3) is 0.526. The normalized spacial score (nSPS) is 15.7. The molecule has 1 aromatic carbocycles. The van der Waals surface area contributed by atoms with E-state index in [-0.39, 0.29) is 29.6 Å². The maximum Gasteiger partial charge on any atom is 0.410 e. The van der Waals surface area contributed by atoms with Gasteiger partial charge < -0.3 is 31.6 Å². The summed E-state index contributed by atoms with van der Waals surface area (Å²) in [7, 11) is 0. The van der Waals surface area contributed by atoms with E-state index in [1.807, 2.05) is 20.8 Å². The summed E-state index contributed by atoms with van der Waals surface area (Å²) in [6.45, 7) is 7.11. The van der Waals surface area contributed by atoms with Crippen molar-refractivity contribution in [1.29, 1.82) is 0 Å². The second kappa shape index (κ2) is 9.44. The number of guanidine groups is 2. The predicted molar refractivity (Wildman–Crippen MR) is 110 cm³/mol. The zero-order valence-electron chi connectivity index (χ0n) is 17.0. The van der Waals surface area contributed by atoms with Gasteiger partial charge in [0.15, 0.2) is 5.96 Å². The molecule has 1 aromatic rings. The van der Waals surface area contributed by atoms with Gasteiger partial charge in [-0.2, -0.15) is 4.99 Å². The fourth-order valence-electron chi connectivity index (χ4n) is 2.80. The van der Waals surface area contributed by atoms with Gasteiger partial charge in [0.05, 0.1) is 6.61 Å². The molecule has 160 valence electrons. The monoisotopic (exact) mass is 408 g/mol. The minimum absolute atomic E-state index is 0.193. The minimum Gasteiger partial charge on any atom is -0.491 e. The van der Waals surface area contributed by atoms with Crippen LogP contribution in [0.1, 0.15) is 33.6 Å². The lowest BCUT2D eigenvalue weighted by Crippen LogP contribution is -2.42. The first-order chi connectivity index (χ1) is 13.5. The van der Waals surface area contributed by atoms with E-state index in [0.29, 0.717) is 25.4 Å². The maximum absolute atomic E-state index is 13.6. The van der Waals surface area contributed by atoms with Gasteiger partial charge in [-0.15, -0.1) is 0 Å². The molecule has 1 amide bonds. The van der Waals surface area contributed by atoms with E-state index >= 15 is 0 Å². The Morgan fingerprint density at radius 1 is 1.24 bits per heavy atom. The molecule has 2 rings (SSSR count). The van der Waals surface area contributed by atoms with Gasteiger partial charge in [-0.3, -0.25) is 0 Å². The molecular formula is C19H29FN6O3. The Labute approximate surface area is 169 Å². The first kappa shape index (κ1) is 22.3. The van der Waals surface area contributed by atoms with E-state index in [2.05, 4.69) is 9.98 Å². The quantitative estimate of drug-likeness (QED) is 0.514. The molecule has 29 heavy (non-hydrogen) atoms. The van der Waals surface area contributed by atoms with Crippen LogP contribution in [0, 0.1) is 11.7 Å². The number of likely N-dealkylation sites (tertiary alicyclic amines) is 1. The van der Waals surface area contributed by atoms with Crippen LogP contribution in [0.4, 0.5) is 14.9 Å². The lowest BCUT2D eigenvalue weighted by Gasteiger charge is -2.33. The van der Waals surface area contributed by atoms with Crippen molar-refractivity contribution in [2.24, 2.45) is 33.1 Å². The van der Waals surface area contributed by atoms with Gasteiger partial charge >= 0.3 is 6.09 Å². The predicted octanol–water partition coefficient (Wildman–Crippen LogP) is 2.07. The van der Waals surface area contributed by atoms with Crippen LogP contribution in [0.3, 0.4) is 0 Å². The first-order valence-corrected chi connectivity index (χ1v) is 9.37.